The minimum absolute atomic E-state index is 0.117. The Bertz CT molecular complexity index is 544. The van der Waals surface area contributed by atoms with Crippen LogP contribution in [0.1, 0.15) is 12.5 Å². The number of carbonyl (C=O) groups excluding carboxylic acids is 2. The molecule has 1 aromatic carbocycles. The van der Waals surface area contributed by atoms with Gasteiger partial charge in [-0.25, -0.2) is 0 Å². The summed E-state index contributed by atoms with van der Waals surface area (Å²) in [4.78, 5) is 24.9. The van der Waals surface area contributed by atoms with Crippen molar-refractivity contribution in [3.63, 3.8) is 0 Å². The van der Waals surface area contributed by atoms with Crippen LogP contribution in [0.2, 0.25) is 0 Å². The van der Waals surface area contributed by atoms with Gasteiger partial charge < -0.3 is 10.6 Å². The molecule has 0 bridgehead atoms. The summed E-state index contributed by atoms with van der Waals surface area (Å²) in [5.74, 6) is -1.14. The maximum atomic E-state index is 12.1. The molecule has 0 spiro atoms. The first-order valence-corrected chi connectivity index (χ1v) is 6.99. The average Bonchev–Trinajstić information content (AvgIpc) is 2.45. The summed E-state index contributed by atoms with van der Waals surface area (Å²) in [5, 5.41) is 4.45. The van der Waals surface area contributed by atoms with Gasteiger partial charge in [-0.2, -0.15) is 13.2 Å². The summed E-state index contributed by atoms with van der Waals surface area (Å²) in [7, 11) is 1.49. The maximum Gasteiger partial charge on any atom is 0.405 e. The predicted octanol–water partition coefficient (Wildman–Crippen LogP) is 1.93. The summed E-state index contributed by atoms with van der Waals surface area (Å²) >= 11 is 0. The van der Waals surface area contributed by atoms with Crippen molar-refractivity contribution in [1.29, 1.82) is 0 Å². The third kappa shape index (κ3) is 7.14. The maximum absolute atomic E-state index is 12.1. The number of amides is 2. The number of likely N-dealkylation sites (N-methyl/N-ethyl adjacent to an activating group) is 1. The highest BCUT2D eigenvalue weighted by molar-refractivity contribution is 5.92. The number of nitrogens with zero attached hydrogens (tertiary/aromatic N) is 1. The molecule has 128 valence electrons. The van der Waals surface area contributed by atoms with Gasteiger partial charge in [-0.15, -0.1) is 0 Å². The lowest BCUT2D eigenvalue weighted by Gasteiger charge is -2.23. The van der Waals surface area contributed by atoms with Gasteiger partial charge in [-0.3, -0.25) is 14.5 Å². The molecule has 0 aromatic heterocycles. The summed E-state index contributed by atoms with van der Waals surface area (Å²) in [5.41, 5.74) is 1.67. The zero-order valence-corrected chi connectivity index (χ0v) is 13.2. The SMILES string of the molecule is Cc1ccc(NC(=O)CN(C)[C@@H](C)C(=O)NCC(F)(F)F)cc1. The van der Waals surface area contributed by atoms with Crippen LogP contribution in [0.4, 0.5) is 18.9 Å². The predicted molar refractivity (Wildman–Crippen MR) is 81.0 cm³/mol. The molecule has 0 fully saturated rings. The lowest BCUT2D eigenvalue weighted by Crippen LogP contribution is -2.47. The van der Waals surface area contributed by atoms with E-state index in [2.05, 4.69) is 5.32 Å². The first kappa shape index (κ1) is 19.0. The van der Waals surface area contributed by atoms with Gasteiger partial charge in [0.05, 0.1) is 12.6 Å². The highest BCUT2D eigenvalue weighted by Gasteiger charge is 2.29. The highest BCUT2D eigenvalue weighted by atomic mass is 19.4. The van der Waals surface area contributed by atoms with E-state index in [4.69, 9.17) is 0 Å². The molecule has 1 aromatic rings. The molecule has 0 saturated carbocycles. The molecule has 0 heterocycles. The Morgan fingerprint density at radius 1 is 1.22 bits per heavy atom. The average molecular weight is 331 g/mol. The van der Waals surface area contributed by atoms with Crippen LogP contribution in [0, 0.1) is 6.92 Å². The summed E-state index contributed by atoms with van der Waals surface area (Å²) in [6.07, 6.45) is -4.46. The highest BCUT2D eigenvalue weighted by Crippen LogP contribution is 2.12. The minimum Gasteiger partial charge on any atom is -0.346 e. The second-order valence-electron chi connectivity index (χ2n) is 5.34. The van der Waals surface area contributed by atoms with Crippen molar-refractivity contribution in [2.75, 3.05) is 25.5 Å². The van der Waals surface area contributed by atoms with Gasteiger partial charge in [0, 0.05) is 5.69 Å². The van der Waals surface area contributed by atoms with Gasteiger partial charge in [0.2, 0.25) is 11.8 Å². The van der Waals surface area contributed by atoms with Gasteiger partial charge in [-0.05, 0) is 33.0 Å². The lowest BCUT2D eigenvalue weighted by molar-refractivity contribution is -0.141. The number of rotatable bonds is 6. The van der Waals surface area contributed by atoms with E-state index >= 15 is 0 Å². The molecule has 23 heavy (non-hydrogen) atoms. The zero-order chi connectivity index (χ0) is 17.6. The normalized spacial score (nSPS) is 12.8. The number of anilines is 1. The van der Waals surface area contributed by atoms with Crippen molar-refractivity contribution >= 4 is 17.5 Å². The molecule has 2 amide bonds. The van der Waals surface area contributed by atoms with Crippen LogP contribution < -0.4 is 10.6 Å². The number of hydrogen-bond donors (Lipinski definition) is 2. The molecule has 0 aliphatic rings. The fraction of sp³-hybridized carbons (Fsp3) is 0.467. The Hall–Kier alpha value is -2.09. The first-order chi connectivity index (χ1) is 10.6. The summed E-state index contributed by atoms with van der Waals surface area (Å²) in [6, 6.07) is 6.31. The number of nitrogens with one attached hydrogen (secondary N) is 2. The van der Waals surface area contributed by atoms with Crippen LogP contribution in [0.15, 0.2) is 24.3 Å². The van der Waals surface area contributed by atoms with Crippen LogP contribution in [-0.2, 0) is 9.59 Å². The molecular weight excluding hydrogens is 311 g/mol. The van der Waals surface area contributed by atoms with Crippen LogP contribution in [0.3, 0.4) is 0 Å². The van der Waals surface area contributed by atoms with Crippen LogP contribution in [0.25, 0.3) is 0 Å². The van der Waals surface area contributed by atoms with Crippen molar-refractivity contribution in [2.24, 2.45) is 0 Å². The topological polar surface area (TPSA) is 61.4 Å². The molecule has 1 atom stereocenters. The number of halogens is 3. The van der Waals surface area contributed by atoms with E-state index in [1.54, 1.807) is 17.4 Å². The largest absolute Gasteiger partial charge is 0.405 e. The molecule has 2 N–H and O–H groups in total. The first-order valence-electron chi connectivity index (χ1n) is 6.99. The number of alkyl halides is 3. The number of aryl methyl sites for hydroxylation is 1. The Morgan fingerprint density at radius 3 is 2.30 bits per heavy atom. The third-order valence-corrected chi connectivity index (χ3v) is 3.23. The van der Waals surface area contributed by atoms with E-state index in [0.717, 1.165) is 5.56 Å². The van der Waals surface area contributed by atoms with Gasteiger partial charge in [-0.1, -0.05) is 17.7 Å². The Labute approximate surface area is 132 Å². The Kier molecular flexibility index (Phi) is 6.56. The molecule has 8 heteroatoms. The molecule has 1 rings (SSSR count). The van der Waals surface area contributed by atoms with E-state index in [-0.39, 0.29) is 12.5 Å². The van der Waals surface area contributed by atoms with Crippen molar-refractivity contribution in [1.82, 2.24) is 10.2 Å². The Morgan fingerprint density at radius 2 is 1.78 bits per heavy atom. The van der Waals surface area contributed by atoms with Crippen LogP contribution >= 0.6 is 0 Å². The second kappa shape index (κ2) is 7.96. The number of carbonyl (C=O) groups is 2. The zero-order valence-electron chi connectivity index (χ0n) is 13.2. The van der Waals surface area contributed by atoms with Crippen molar-refractivity contribution in [3.8, 4) is 0 Å². The van der Waals surface area contributed by atoms with E-state index in [0.29, 0.717) is 5.69 Å². The van der Waals surface area contributed by atoms with Gasteiger partial charge in [0.1, 0.15) is 6.54 Å². The van der Waals surface area contributed by atoms with Gasteiger partial charge >= 0.3 is 6.18 Å². The van der Waals surface area contributed by atoms with Crippen molar-refractivity contribution in [3.05, 3.63) is 29.8 Å². The fourth-order valence-corrected chi connectivity index (χ4v) is 1.74. The lowest BCUT2D eigenvalue weighted by atomic mass is 10.2. The number of benzene rings is 1. The fourth-order valence-electron chi connectivity index (χ4n) is 1.74. The summed E-state index contributed by atoms with van der Waals surface area (Å²) in [6.45, 7) is 1.85. The molecule has 5 nitrogen and oxygen atoms in total. The molecular formula is C15H20F3N3O2. The number of hydrogen-bond acceptors (Lipinski definition) is 3. The minimum atomic E-state index is -4.46. The van der Waals surface area contributed by atoms with E-state index in [1.807, 2.05) is 19.1 Å². The van der Waals surface area contributed by atoms with Gasteiger partial charge in [0.15, 0.2) is 0 Å². The van der Waals surface area contributed by atoms with E-state index < -0.39 is 24.7 Å². The smallest absolute Gasteiger partial charge is 0.346 e. The standard InChI is InChI=1S/C15H20F3N3O2/c1-10-4-6-12(7-5-10)20-13(22)8-21(3)11(2)14(23)19-9-15(16,17)18/h4-7,11H,8-9H2,1-3H3,(H,19,23)(H,20,22)/t11-/m0/s1. The van der Waals surface area contributed by atoms with Crippen molar-refractivity contribution in [2.45, 2.75) is 26.1 Å². The summed E-state index contributed by atoms with van der Waals surface area (Å²) < 4.78 is 36.2. The molecule has 0 radical (unpaired) electrons. The molecule has 0 aliphatic carbocycles. The third-order valence-electron chi connectivity index (χ3n) is 3.23. The molecule has 0 aliphatic heterocycles. The van der Waals surface area contributed by atoms with E-state index in [9.17, 15) is 22.8 Å². The van der Waals surface area contributed by atoms with Crippen LogP contribution in [-0.4, -0.2) is 49.1 Å². The molecule has 0 unspecified atom stereocenters. The quantitative estimate of drug-likeness (QED) is 0.837. The van der Waals surface area contributed by atoms with Crippen LogP contribution in [0.5, 0.6) is 0 Å². The van der Waals surface area contributed by atoms with Crippen molar-refractivity contribution < 1.29 is 22.8 Å². The second-order valence-corrected chi connectivity index (χ2v) is 5.34. The monoisotopic (exact) mass is 331 g/mol. The van der Waals surface area contributed by atoms with E-state index in [1.165, 1.54) is 18.9 Å². The van der Waals surface area contributed by atoms with Gasteiger partial charge in [0.25, 0.3) is 0 Å². The Balaban J connectivity index is 2.47. The molecule has 0 saturated heterocycles.